The Morgan fingerprint density at radius 3 is 2.41 bits per heavy atom. The van der Waals surface area contributed by atoms with Crippen LogP contribution in [0.4, 0.5) is 11.4 Å². The van der Waals surface area contributed by atoms with E-state index in [4.69, 9.17) is 5.26 Å². The van der Waals surface area contributed by atoms with Crippen LogP contribution in [-0.2, 0) is 22.9 Å². The number of fused-ring (bicyclic) bond motifs is 1. The molecular formula is C20H20N4O4S. The van der Waals surface area contributed by atoms with Gasteiger partial charge in [-0.25, -0.2) is 8.42 Å². The Balaban J connectivity index is 1.53. The Labute approximate surface area is 169 Å². The number of hydrogen-bond donors (Lipinski definition) is 0. The Morgan fingerprint density at radius 1 is 1.00 bits per heavy atom. The first-order chi connectivity index (χ1) is 13.9. The molecule has 1 aliphatic heterocycles. The zero-order chi connectivity index (χ0) is 20.6. The number of benzene rings is 2. The summed E-state index contributed by atoms with van der Waals surface area (Å²) in [4.78, 5) is 13.0. The van der Waals surface area contributed by atoms with Crippen LogP contribution in [0.5, 0.6) is 0 Å². The molecule has 9 heteroatoms. The SMILES string of the molecule is N#Cc1ccc(N2CCN(S(=O)(=O)c3ccc4c(c3)CCC4)CC2)c([N+](=O)[O-])c1. The fourth-order valence-corrected chi connectivity index (χ4v) is 5.51. The second kappa shape index (κ2) is 7.46. The third kappa shape index (κ3) is 3.57. The maximum Gasteiger partial charge on any atom is 0.293 e. The molecule has 0 bridgehead atoms. The minimum atomic E-state index is -3.60. The molecule has 2 aliphatic rings. The van der Waals surface area contributed by atoms with Crippen LogP contribution in [0.3, 0.4) is 0 Å². The molecule has 0 amide bonds. The minimum absolute atomic E-state index is 0.140. The average molecular weight is 412 g/mol. The van der Waals surface area contributed by atoms with E-state index < -0.39 is 14.9 Å². The van der Waals surface area contributed by atoms with E-state index in [-0.39, 0.29) is 24.3 Å². The van der Waals surface area contributed by atoms with E-state index in [0.29, 0.717) is 23.7 Å². The molecule has 1 heterocycles. The second-order valence-electron chi connectivity index (χ2n) is 7.25. The third-order valence-electron chi connectivity index (χ3n) is 5.59. The molecule has 4 rings (SSSR count). The quantitative estimate of drug-likeness (QED) is 0.564. The summed E-state index contributed by atoms with van der Waals surface area (Å²) in [7, 11) is -3.60. The summed E-state index contributed by atoms with van der Waals surface area (Å²) < 4.78 is 27.5. The van der Waals surface area contributed by atoms with Crippen molar-refractivity contribution < 1.29 is 13.3 Å². The molecule has 1 aliphatic carbocycles. The number of nitriles is 1. The van der Waals surface area contributed by atoms with Gasteiger partial charge in [0.05, 0.1) is 21.5 Å². The number of nitrogens with zero attached hydrogens (tertiary/aromatic N) is 4. The van der Waals surface area contributed by atoms with E-state index in [1.54, 1.807) is 23.1 Å². The molecular weight excluding hydrogens is 392 g/mol. The lowest BCUT2D eigenvalue weighted by atomic mass is 10.1. The first-order valence-corrected chi connectivity index (χ1v) is 10.9. The number of nitro groups is 1. The summed E-state index contributed by atoms with van der Waals surface area (Å²) >= 11 is 0. The highest BCUT2D eigenvalue weighted by atomic mass is 32.2. The lowest BCUT2D eigenvalue weighted by Gasteiger charge is -2.35. The van der Waals surface area contributed by atoms with E-state index >= 15 is 0 Å². The van der Waals surface area contributed by atoms with Crippen molar-refractivity contribution in [3.05, 3.63) is 63.2 Å². The van der Waals surface area contributed by atoms with Gasteiger partial charge in [0.1, 0.15) is 5.69 Å². The van der Waals surface area contributed by atoms with Crippen LogP contribution < -0.4 is 4.90 Å². The van der Waals surface area contributed by atoms with Crippen molar-refractivity contribution >= 4 is 21.4 Å². The molecule has 2 aromatic rings. The Bertz CT molecular complexity index is 1120. The number of hydrogen-bond acceptors (Lipinski definition) is 6. The maximum atomic E-state index is 13.1. The number of rotatable bonds is 4. The van der Waals surface area contributed by atoms with Gasteiger partial charge >= 0.3 is 0 Å². The van der Waals surface area contributed by atoms with Crippen LogP contribution in [0.2, 0.25) is 0 Å². The van der Waals surface area contributed by atoms with Crippen molar-refractivity contribution in [2.45, 2.75) is 24.2 Å². The van der Waals surface area contributed by atoms with Gasteiger partial charge in [0.25, 0.3) is 5.69 Å². The zero-order valence-electron chi connectivity index (χ0n) is 15.7. The van der Waals surface area contributed by atoms with Gasteiger partial charge in [-0.2, -0.15) is 9.57 Å². The van der Waals surface area contributed by atoms with Gasteiger partial charge < -0.3 is 4.90 Å². The summed E-state index contributed by atoms with van der Waals surface area (Å²) in [5.41, 5.74) is 2.82. The smallest absolute Gasteiger partial charge is 0.293 e. The zero-order valence-corrected chi connectivity index (χ0v) is 16.6. The molecule has 1 fully saturated rings. The van der Waals surface area contributed by atoms with Gasteiger partial charge in [-0.3, -0.25) is 10.1 Å². The second-order valence-corrected chi connectivity index (χ2v) is 9.19. The number of piperazine rings is 1. The number of aryl methyl sites for hydroxylation is 2. The molecule has 1 saturated heterocycles. The van der Waals surface area contributed by atoms with Crippen LogP contribution in [0.25, 0.3) is 0 Å². The van der Waals surface area contributed by atoms with Gasteiger partial charge in [0, 0.05) is 32.2 Å². The molecule has 0 atom stereocenters. The fraction of sp³-hybridized carbons (Fsp3) is 0.350. The van der Waals surface area contributed by atoms with Crippen LogP contribution in [0.1, 0.15) is 23.1 Å². The Morgan fingerprint density at radius 2 is 1.72 bits per heavy atom. The minimum Gasteiger partial charge on any atom is -0.363 e. The molecule has 0 aromatic heterocycles. The predicted octanol–water partition coefficient (Wildman–Crippen LogP) is 2.47. The van der Waals surface area contributed by atoms with Crippen molar-refractivity contribution in [1.82, 2.24) is 4.31 Å². The molecule has 0 saturated carbocycles. The van der Waals surface area contributed by atoms with Gasteiger partial charge in [0.2, 0.25) is 10.0 Å². The highest BCUT2D eigenvalue weighted by Gasteiger charge is 2.31. The molecule has 0 spiro atoms. The number of sulfonamides is 1. The normalized spacial score (nSPS) is 17.0. The van der Waals surface area contributed by atoms with E-state index in [0.717, 1.165) is 24.8 Å². The highest BCUT2D eigenvalue weighted by Crippen LogP contribution is 2.31. The van der Waals surface area contributed by atoms with Gasteiger partial charge in [0.15, 0.2) is 0 Å². The van der Waals surface area contributed by atoms with E-state index in [9.17, 15) is 18.5 Å². The standard InChI is InChI=1S/C20H20N4O4S/c21-14-15-4-7-19(20(12-15)24(25)26)22-8-10-23(11-9-22)29(27,28)18-6-5-16-2-1-3-17(16)13-18/h4-7,12-13H,1-3,8-11H2. The summed E-state index contributed by atoms with van der Waals surface area (Å²) in [5, 5.41) is 20.4. The van der Waals surface area contributed by atoms with Crippen LogP contribution in [-0.4, -0.2) is 43.8 Å². The van der Waals surface area contributed by atoms with Crippen molar-refractivity contribution in [2.75, 3.05) is 31.1 Å². The van der Waals surface area contributed by atoms with E-state index in [1.807, 2.05) is 12.1 Å². The molecule has 29 heavy (non-hydrogen) atoms. The molecule has 8 nitrogen and oxygen atoms in total. The molecule has 0 unspecified atom stereocenters. The van der Waals surface area contributed by atoms with Crippen molar-refractivity contribution in [1.29, 1.82) is 5.26 Å². The number of nitro benzene ring substituents is 1. The summed E-state index contributed by atoms with van der Waals surface area (Å²) in [6.45, 7) is 1.18. The molecule has 0 radical (unpaired) electrons. The molecule has 0 N–H and O–H groups in total. The van der Waals surface area contributed by atoms with Gasteiger partial charge in [-0.05, 0) is 54.7 Å². The van der Waals surface area contributed by atoms with E-state index in [2.05, 4.69) is 0 Å². The highest BCUT2D eigenvalue weighted by molar-refractivity contribution is 7.89. The number of anilines is 1. The Hall–Kier alpha value is -2.96. The van der Waals surface area contributed by atoms with Gasteiger partial charge in [-0.15, -0.1) is 0 Å². The summed E-state index contributed by atoms with van der Waals surface area (Å²) in [6, 6.07) is 11.6. The average Bonchev–Trinajstić information content (AvgIpc) is 3.21. The summed E-state index contributed by atoms with van der Waals surface area (Å²) in [6.07, 6.45) is 2.97. The largest absolute Gasteiger partial charge is 0.363 e. The predicted molar refractivity (Wildman–Crippen MR) is 107 cm³/mol. The van der Waals surface area contributed by atoms with Crippen molar-refractivity contribution in [3.63, 3.8) is 0 Å². The van der Waals surface area contributed by atoms with E-state index in [1.165, 1.54) is 22.0 Å². The lowest BCUT2D eigenvalue weighted by molar-refractivity contribution is -0.384. The van der Waals surface area contributed by atoms with Crippen LogP contribution in [0, 0.1) is 21.4 Å². The van der Waals surface area contributed by atoms with Crippen LogP contribution >= 0.6 is 0 Å². The monoisotopic (exact) mass is 412 g/mol. The maximum absolute atomic E-state index is 13.1. The fourth-order valence-electron chi connectivity index (χ4n) is 4.03. The third-order valence-corrected chi connectivity index (χ3v) is 7.48. The lowest BCUT2D eigenvalue weighted by Crippen LogP contribution is -2.48. The van der Waals surface area contributed by atoms with Crippen LogP contribution in [0.15, 0.2) is 41.3 Å². The van der Waals surface area contributed by atoms with Crippen molar-refractivity contribution in [3.8, 4) is 6.07 Å². The first-order valence-electron chi connectivity index (χ1n) is 9.45. The summed E-state index contributed by atoms with van der Waals surface area (Å²) in [5.74, 6) is 0. The van der Waals surface area contributed by atoms with Crippen molar-refractivity contribution in [2.24, 2.45) is 0 Å². The van der Waals surface area contributed by atoms with Gasteiger partial charge in [-0.1, -0.05) is 6.07 Å². The first kappa shape index (κ1) is 19.4. The Kier molecular flexibility index (Phi) is 4.98. The topological polar surface area (TPSA) is 108 Å². The molecule has 2 aromatic carbocycles. The molecule has 150 valence electrons.